The van der Waals surface area contributed by atoms with Crippen LogP contribution >= 0.6 is 0 Å². The van der Waals surface area contributed by atoms with E-state index in [1.54, 1.807) is 31.2 Å². The Hall–Kier alpha value is -2.41. The molecule has 0 aliphatic heterocycles. The van der Waals surface area contributed by atoms with Gasteiger partial charge in [-0.3, -0.25) is 9.10 Å². The van der Waals surface area contributed by atoms with Crippen LogP contribution in [0.15, 0.2) is 42.5 Å². The van der Waals surface area contributed by atoms with Crippen LogP contribution in [-0.4, -0.2) is 33.2 Å². The molecule has 0 saturated carbocycles. The molecule has 0 saturated heterocycles. The summed E-state index contributed by atoms with van der Waals surface area (Å²) in [5, 5.41) is 2.80. The van der Waals surface area contributed by atoms with Gasteiger partial charge in [0.1, 0.15) is 11.9 Å². The number of hydrogen-bond donors (Lipinski definition) is 1. The Morgan fingerprint density at radius 1 is 1.11 bits per heavy atom. The molecular weight excluding hydrogens is 379 g/mol. The van der Waals surface area contributed by atoms with Gasteiger partial charge in [0, 0.05) is 6.54 Å². The number of nitrogens with zero attached hydrogens (tertiary/aromatic N) is 1. The molecular formula is C21H27FN2O3S. The van der Waals surface area contributed by atoms with E-state index in [0.717, 1.165) is 27.3 Å². The maximum atomic E-state index is 12.9. The first-order valence-electron chi connectivity index (χ1n) is 9.18. The smallest absolute Gasteiger partial charge is 0.243 e. The summed E-state index contributed by atoms with van der Waals surface area (Å²) in [6.07, 6.45) is 2.47. The molecule has 0 fully saturated rings. The zero-order valence-electron chi connectivity index (χ0n) is 16.7. The molecule has 1 atom stereocenters. The summed E-state index contributed by atoms with van der Waals surface area (Å²) in [5.41, 5.74) is 3.32. The molecule has 7 heteroatoms. The molecule has 152 valence electrons. The molecule has 28 heavy (non-hydrogen) atoms. The number of benzene rings is 2. The van der Waals surface area contributed by atoms with Crippen LogP contribution < -0.4 is 9.62 Å². The minimum absolute atomic E-state index is 0.280. The summed E-state index contributed by atoms with van der Waals surface area (Å²) < 4.78 is 38.8. The lowest BCUT2D eigenvalue weighted by Gasteiger charge is -2.28. The molecule has 0 bridgehead atoms. The van der Waals surface area contributed by atoms with Crippen LogP contribution in [0.1, 0.15) is 30.0 Å². The Bertz CT molecular complexity index is 907. The van der Waals surface area contributed by atoms with Gasteiger partial charge < -0.3 is 5.32 Å². The van der Waals surface area contributed by atoms with Crippen molar-refractivity contribution in [1.29, 1.82) is 0 Å². The molecule has 0 radical (unpaired) electrons. The summed E-state index contributed by atoms with van der Waals surface area (Å²) in [4.78, 5) is 12.6. The van der Waals surface area contributed by atoms with E-state index in [1.807, 2.05) is 19.9 Å². The van der Waals surface area contributed by atoms with Gasteiger partial charge in [-0.1, -0.05) is 18.2 Å². The summed E-state index contributed by atoms with van der Waals surface area (Å²) in [6, 6.07) is 10.8. The van der Waals surface area contributed by atoms with Gasteiger partial charge in [-0.25, -0.2) is 12.8 Å². The monoisotopic (exact) mass is 406 g/mol. The first-order valence-corrected chi connectivity index (χ1v) is 11.0. The minimum Gasteiger partial charge on any atom is -0.354 e. The van der Waals surface area contributed by atoms with Crippen LogP contribution in [0.5, 0.6) is 0 Å². The third-order valence-electron chi connectivity index (χ3n) is 4.40. The third-order valence-corrected chi connectivity index (χ3v) is 5.65. The maximum Gasteiger partial charge on any atom is 0.243 e. The SMILES string of the molecule is Cc1cc(C)cc(N([C@@H](C)C(=O)NCCCc2ccc(F)cc2)S(C)(=O)=O)c1. The van der Waals surface area contributed by atoms with Gasteiger partial charge in [-0.05, 0) is 74.6 Å². The number of carbonyl (C=O) groups is 1. The Morgan fingerprint density at radius 3 is 2.21 bits per heavy atom. The van der Waals surface area contributed by atoms with E-state index in [4.69, 9.17) is 0 Å². The van der Waals surface area contributed by atoms with Crippen molar-refractivity contribution in [2.75, 3.05) is 17.1 Å². The maximum absolute atomic E-state index is 12.9. The van der Waals surface area contributed by atoms with E-state index in [9.17, 15) is 17.6 Å². The van der Waals surface area contributed by atoms with Crippen molar-refractivity contribution in [3.8, 4) is 0 Å². The molecule has 0 unspecified atom stereocenters. The number of sulfonamides is 1. The van der Waals surface area contributed by atoms with Gasteiger partial charge >= 0.3 is 0 Å². The fraction of sp³-hybridized carbons (Fsp3) is 0.381. The predicted molar refractivity (Wildman–Crippen MR) is 110 cm³/mol. The Morgan fingerprint density at radius 2 is 1.68 bits per heavy atom. The van der Waals surface area contributed by atoms with E-state index < -0.39 is 16.1 Å². The summed E-state index contributed by atoms with van der Waals surface area (Å²) >= 11 is 0. The van der Waals surface area contributed by atoms with Crippen LogP contribution in [0.4, 0.5) is 10.1 Å². The molecule has 1 N–H and O–H groups in total. The van der Waals surface area contributed by atoms with Gasteiger partial charge in [-0.15, -0.1) is 0 Å². The van der Waals surface area contributed by atoms with Crippen molar-refractivity contribution < 1.29 is 17.6 Å². The first-order chi connectivity index (χ1) is 13.1. The second-order valence-corrected chi connectivity index (χ2v) is 8.96. The van der Waals surface area contributed by atoms with Crippen LogP contribution in [0.3, 0.4) is 0 Å². The zero-order chi connectivity index (χ0) is 20.9. The van der Waals surface area contributed by atoms with Crippen LogP contribution in [0.25, 0.3) is 0 Å². The molecule has 0 aliphatic carbocycles. The molecule has 1 amide bonds. The highest BCUT2D eigenvalue weighted by Gasteiger charge is 2.29. The molecule has 2 rings (SSSR count). The standard InChI is InChI=1S/C21H27FN2O3S/c1-15-12-16(2)14-20(13-15)24(28(4,26)27)17(3)21(25)23-11-5-6-18-7-9-19(22)10-8-18/h7-10,12-14,17H,5-6,11H2,1-4H3,(H,23,25)/t17-/m0/s1. The summed E-state index contributed by atoms with van der Waals surface area (Å²) in [6.45, 7) is 5.76. The molecule has 0 aliphatic rings. The zero-order valence-corrected chi connectivity index (χ0v) is 17.5. The average Bonchev–Trinajstić information content (AvgIpc) is 2.58. The van der Waals surface area contributed by atoms with Crippen molar-refractivity contribution in [1.82, 2.24) is 5.32 Å². The molecule has 2 aromatic rings. The number of hydrogen-bond acceptors (Lipinski definition) is 3. The van der Waals surface area contributed by atoms with Crippen molar-refractivity contribution in [2.45, 2.75) is 39.7 Å². The van der Waals surface area contributed by atoms with Crippen LogP contribution in [0.2, 0.25) is 0 Å². The number of carbonyl (C=O) groups excluding carboxylic acids is 1. The molecule has 5 nitrogen and oxygen atoms in total. The van der Waals surface area contributed by atoms with E-state index >= 15 is 0 Å². The number of amides is 1. The highest BCUT2D eigenvalue weighted by Crippen LogP contribution is 2.23. The predicted octanol–water partition coefficient (Wildman–Crippen LogP) is 3.35. The Balaban J connectivity index is 2.02. The fourth-order valence-electron chi connectivity index (χ4n) is 3.19. The molecule has 0 spiro atoms. The van der Waals surface area contributed by atoms with Gasteiger partial charge in [0.15, 0.2) is 0 Å². The van der Waals surface area contributed by atoms with E-state index in [-0.39, 0.29) is 11.7 Å². The number of aryl methyl sites for hydroxylation is 3. The van der Waals surface area contributed by atoms with Crippen molar-refractivity contribution in [3.05, 3.63) is 65.0 Å². The summed E-state index contributed by atoms with van der Waals surface area (Å²) in [5.74, 6) is -0.637. The van der Waals surface area contributed by atoms with Crippen LogP contribution in [-0.2, 0) is 21.2 Å². The molecule has 2 aromatic carbocycles. The quantitative estimate of drug-likeness (QED) is 0.684. The minimum atomic E-state index is -3.64. The lowest BCUT2D eigenvalue weighted by atomic mass is 10.1. The summed E-state index contributed by atoms with van der Waals surface area (Å²) in [7, 11) is -3.64. The van der Waals surface area contributed by atoms with Gasteiger partial charge in [0.05, 0.1) is 11.9 Å². The number of rotatable bonds is 8. The highest BCUT2D eigenvalue weighted by molar-refractivity contribution is 7.92. The van der Waals surface area contributed by atoms with E-state index in [0.29, 0.717) is 25.1 Å². The number of halogens is 1. The Labute approximate surface area is 166 Å². The molecule has 0 heterocycles. The highest BCUT2D eigenvalue weighted by atomic mass is 32.2. The van der Waals surface area contributed by atoms with Crippen molar-refractivity contribution in [3.63, 3.8) is 0 Å². The second kappa shape index (κ2) is 9.19. The van der Waals surface area contributed by atoms with Crippen molar-refractivity contribution in [2.24, 2.45) is 0 Å². The normalized spacial score (nSPS) is 12.5. The van der Waals surface area contributed by atoms with Gasteiger partial charge in [-0.2, -0.15) is 0 Å². The molecule has 0 aromatic heterocycles. The third kappa shape index (κ3) is 6.05. The van der Waals surface area contributed by atoms with Crippen molar-refractivity contribution >= 4 is 21.6 Å². The Kier molecular flexibility index (Phi) is 7.18. The first kappa shape index (κ1) is 21.9. The van der Waals surface area contributed by atoms with Gasteiger partial charge in [0.2, 0.25) is 15.9 Å². The fourth-order valence-corrected chi connectivity index (χ4v) is 4.35. The van der Waals surface area contributed by atoms with Gasteiger partial charge in [0.25, 0.3) is 0 Å². The largest absolute Gasteiger partial charge is 0.354 e. The topological polar surface area (TPSA) is 66.5 Å². The average molecular weight is 407 g/mol. The lowest BCUT2D eigenvalue weighted by molar-refractivity contribution is -0.121. The number of anilines is 1. The number of nitrogens with one attached hydrogen (secondary N) is 1. The lowest BCUT2D eigenvalue weighted by Crippen LogP contribution is -2.48. The second-order valence-electron chi connectivity index (χ2n) is 7.10. The van der Waals surface area contributed by atoms with E-state index in [1.165, 1.54) is 12.1 Å². The van der Waals surface area contributed by atoms with E-state index in [2.05, 4.69) is 5.32 Å². The van der Waals surface area contributed by atoms with Crippen LogP contribution in [0, 0.1) is 19.7 Å².